The van der Waals surface area contributed by atoms with E-state index in [4.69, 9.17) is 11.7 Å². The van der Waals surface area contributed by atoms with Crippen molar-refractivity contribution in [3.05, 3.63) is 65.0 Å². The number of β-amino-alcohol motifs (C(OH)–C–C–N with tert-alkyl or cyclic N) is 1. The summed E-state index contributed by atoms with van der Waals surface area (Å²) in [6.45, 7) is 11.0. The molecule has 1 aliphatic heterocycles. The summed E-state index contributed by atoms with van der Waals surface area (Å²) >= 11 is 0. The number of nitrogens with zero attached hydrogens (tertiary/aromatic N) is 3. The molecule has 0 atom stereocenters. The van der Waals surface area contributed by atoms with Crippen molar-refractivity contribution >= 4 is 11.6 Å². The van der Waals surface area contributed by atoms with Crippen LogP contribution in [0.2, 0.25) is 0 Å². The molecule has 5 nitrogen and oxygen atoms in total. The molecule has 2 aromatic carbocycles. The number of hydrogen-bond acceptors (Lipinski definition) is 3. The van der Waals surface area contributed by atoms with Gasteiger partial charge in [0.1, 0.15) is 0 Å². The van der Waals surface area contributed by atoms with Gasteiger partial charge in [0.25, 0.3) is 0 Å². The van der Waals surface area contributed by atoms with Crippen LogP contribution in [0, 0.1) is 19.4 Å². The first-order valence-corrected chi connectivity index (χ1v) is 11.0. The predicted molar refractivity (Wildman–Crippen MR) is 121 cm³/mol. The number of aryl methyl sites for hydroxylation is 1. The second kappa shape index (κ2) is 10.8. The zero-order chi connectivity index (χ0) is 24.0. The zero-order valence-corrected chi connectivity index (χ0v) is 18.6. The highest BCUT2D eigenvalue weighted by atomic mass is 19.4. The number of hydrogen-bond donors (Lipinski definition) is 1. The van der Waals surface area contributed by atoms with Gasteiger partial charge in [0.15, 0.2) is 5.69 Å². The number of carbonyl (C=O) groups excluding carboxylic acids is 1. The van der Waals surface area contributed by atoms with Crippen LogP contribution in [0.3, 0.4) is 0 Å². The third-order valence-corrected chi connectivity index (χ3v) is 5.95. The summed E-state index contributed by atoms with van der Waals surface area (Å²) in [5.41, 5.74) is 3.57. The first-order chi connectivity index (χ1) is 15.7. The third-order valence-electron chi connectivity index (χ3n) is 5.95. The molecule has 1 N–H and O–H groups in total. The largest absolute Gasteiger partial charge is 0.471 e. The summed E-state index contributed by atoms with van der Waals surface area (Å²) in [5.74, 6) is -1.84. The number of rotatable bonds is 7. The Hall–Kier alpha value is -2.89. The second-order valence-corrected chi connectivity index (χ2v) is 8.56. The summed E-state index contributed by atoms with van der Waals surface area (Å²) in [6.07, 6.45) is -3.57. The lowest BCUT2D eigenvalue weighted by atomic mass is 9.95. The molecule has 2 aromatic rings. The lowest BCUT2D eigenvalue weighted by Gasteiger charge is -2.35. The van der Waals surface area contributed by atoms with Gasteiger partial charge in [-0.15, -0.1) is 0 Å². The fourth-order valence-corrected chi connectivity index (χ4v) is 4.34. The van der Waals surface area contributed by atoms with E-state index in [9.17, 15) is 18.0 Å². The lowest BCUT2D eigenvalue weighted by Crippen LogP contribution is -2.45. The van der Waals surface area contributed by atoms with Crippen molar-refractivity contribution in [3.8, 4) is 11.1 Å². The summed E-state index contributed by atoms with van der Waals surface area (Å²) in [5, 5.41) is 9.08. The molecule has 1 amide bonds. The van der Waals surface area contributed by atoms with E-state index in [-0.39, 0.29) is 25.6 Å². The van der Waals surface area contributed by atoms with Gasteiger partial charge >= 0.3 is 12.1 Å². The molecule has 3 rings (SSSR count). The average Bonchev–Trinajstić information content (AvgIpc) is 2.78. The van der Waals surface area contributed by atoms with Crippen molar-refractivity contribution < 1.29 is 23.1 Å². The second-order valence-electron chi connectivity index (χ2n) is 8.56. The maximum absolute atomic E-state index is 13.4. The number of halogens is 3. The third kappa shape index (κ3) is 6.80. The van der Waals surface area contributed by atoms with Crippen molar-refractivity contribution in [2.24, 2.45) is 5.92 Å². The standard InChI is InChI=1S/C25H28F3N3O2/c1-18-12-20(14-22(13-18)21-4-3-5-23(15-21)29-2)17-31(24(33)25(26,27)28)16-19-6-8-30(9-7-19)10-11-32/h3-5,12-15,19,32H,6-11,16-17H2,1H3. The molecule has 0 radical (unpaired) electrons. The van der Waals surface area contributed by atoms with Gasteiger partial charge in [-0.1, -0.05) is 35.9 Å². The highest BCUT2D eigenvalue weighted by molar-refractivity contribution is 5.82. The van der Waals surface area contributed by atoms with E-state index >= 15 is 0 Å². The van der Waals surface area contributed by atoms with Crippen molar-refractivity contribution in [1.82, 2.24) is 9.80 Å². The highest BCUT2D eigenvalue weighted by Gasteiger charge is 2.43. The van der Waals surface area contributed by atoms with Crippen molar-refractivity contribution in [2.45, 2.75) is 32.5 Å². The van der Waals surface area contributed by atoms with E-state index in [0.29, 0.717) is 43.7 Å². The summed E-state index contributed by atoms with van der Waals surface area (Å²) < 4.78 is 40.1. The van der Waals surface area contributed by atoms with E-state index in [2.05, 4.69) is 9.74 Å². The highest BCUT2D eigenvalue weighted by Crippen LogP contribution is 2.29. The molecule has 0 bridgehead atoms. The van der Waals surface area contributed by atoms with Crippen LogP contribution in [0.4, 0.5) is 18.9 Å². The minimum absolute atomic E-state index is 0.0223. The van der Waals surface area contributed by atoms with E-state index in [1.54, 1.807) is 30.3 Å². The van der Waals surface area contributed by atoms with Gasteiger partial charge in [-0.05, 0) is 67.6 Å². The minimum Gasteiger partial charge on any atom is -0.395 e. The van der Waals surface area contributed by atoms with Gasteiger partial charge in [0.2, 0.25) is 0 Å². The Bertz CT molecular complexity index is 1010. The number of likely N-dealkylation sites (tertiary alicyclic amines) is 1. The van der Waals surface area contributed by atoms with Gasteiger partial charge in [0, 0.05) is 19.6 Å². The predicted octanol–water partition coefficient (Wildman–Crippen LogP) is 4.81. The summed E-state index contributed by atoms with van der Waals surface area (Å²) in [4.78, 5) is 18.7. The molecular weight excluding hydrogens is 431 g/mol. The van der Waals surface area contributed by atoms with Gasteiger partial charge < -0.3 is 14.9 Å². The molecule has 0 saturated carbocycles. The Labute approximate surface area is 192 Å². The number of benzene rings is 2. The van der Waals surface area contributed by atoms with Gasteiger partial charge in [-0.3, -0.25) is 4.79 Å². The lowest BCUT2D eigenvalue weighted by molar-refractivity contribution is -0.187. The number of carbonyl (C=O) groups is 1. The Morgan fingerprint density at radius 2 is 1.91 bits per heavy atom. The molecule has 176 valence electrons. The molecule has 1 heterocycles. The Kier molecular flexibility index (Phi) is 8.11. The first-order valence-electron chi connectivity index (χ1n) is 11.0. The molecular formula is C25H28F3N3O2. The van der Waals surface area contributed by atoms with Crippen molar-refractivity contribution in [1.29, 1.82) is 0 Å². The number of piperidine rings is 1. The molecule has 1 saturated heterocycles. The van der Waals surface area contributed by atoms with Gasteiger partial charge in [0.05, 0.1) is 13.2 Å². The summed E-state index contributed by atoms with van der Waals surface area (Å²) in [6, 6.07) is 12.6. The molecule has 1 fully saturated rings. The number of aliphatic hydroxyl groups excluding tert-OH is 1. The average molecular weight is 460 g/mol. The molecule has 8 heteroatoms. The smallest absolute Gasteiger partial charge is 0.395 e. The van der Waals surface area contributed by atoms with Crippen molar-refractivity contribution in [3.63, 3.8) is 0 Å². The van der Waals surface area contributed by atoms with Crippen LogP contribution in [0.25, 0.3) is 16.0 Å². The first kappa shape index (κ1) is 24.7. The topological polar surface area (TPSA) is 48.1 Å². The Morgan fingerprint density at radius 1 is 1.18 bits per heavy atom. The Morgan fingerprint density at radius 3 is 2.55 bits per heavy atom. The zero-order valence-electron chi connectivity index (χ0n) is 18.6. The maximum Gasteiger partial charge on any atom is 0.471 e. The van der Waals surface area contributed by atoms with E-state index in [1.807, 2.05) is 19.1 Å². The van der Waals surface area contributed by atoms with Crippen LogP contribution >= 0.6 is 0 Å². The number of alkyl halides is 3. The van der Waals surface area contributed by atoms with Crippen LogP contribution in [-0.2, 0) is 11.3 Å². The normalized spacial score (nSPS) is 15.3. The number of amides is 1. The number of aliphatic hydroxyl groups is 1. The minimum atomic E-state index is -4.94. The Balaban J connectivity index is 1.81. The molecule has 33 heavy (non-hydrogen) atoms. The van der Waals surface area contributed by atoms with Crippen LogP contribution in [0.1, 0.15) is 24.0 Å². The van der Waals surface area contributed by atoms with Gasteiger partial charge in [-0.2, -0.15) is 13.2 Å². The monoisotopic (exact) mass is 459 g/mol. The molecule has 0 unspecified atom stereocenters. The SMILES string of the molecule is [C-]#[N+]c1cccc(-c2cc(C)cc(CN(CC3CCN(CCO)CC3)C(=O)C(F)(F)F)c2)c1. The maximum atomic E-state index is 13.4. The van der Waals surface area contributed by atoms with Gasteiger partial charge in [-0.25, -0.2) is 4.85 Å². The van der Waals surface area contributed by atoms with E-state index in [1.165, 1.54) is 0 Å². The van der Waals surface area contributed by atoms with Crippen LogP contribution in [0.15, 0.2) is 42.5 Å². The van der Waals surface area contributed by atoms with Crippen LogP contribution in [0.5, 0.6) is 0 Å². The van der Waals surface area contributed by atoms with E-state index < -0.39 is 12.1 Å². The fourth-order valence-electron chi connectivity index (χ4n) is 4.34. The molecule has 1 aliphatic rings. The van der Waals surface area contributed by atoms with Crippen LogP contribution < -0.4 is 0 Å². The molecule has 0 aliphatic carbocycles. The van der Waals surface area contributed by atoms with E-state index in [0.717, 1.165) is 21.6 Å². The van der Waals surface area contributed by atoms with Crippen LogP contribution in [-0.4, -0.2) is 59.8 Å². The molecule has 0 aromatic heterocycles. The van der Waals surface area contributed by atoms with Crippen molar-refractivity contribution in [2.75, 3.05) is 32.8 Å². The summed E-state index contributed by atoms with van der Waals surface area (Å²) in [7, 11) is 0. The quantitative estimate of drug-likeness (QED) is 0.605. The fraction of sp³-hybridized carbons (Fsp3) is 0.440. The molecule has 0 spiro atoms.